The highest BCUT2D eigenvalue weighted by atomic mass is 16.6. The van der Waals surface area contributed by atoms with E-state index in [4.69, 9.17) is 16.4 Å². The quantitative estimate of drug-likeness (QED) is 0.800. The first-order chi connectivity index (χ1) is 12.6. The second-order valence-corrected chi connectivity index (χ2v) is 7.29. The lowest BCUT2D eigenvalue weighted by Crippen LogP contribution is -2.40. The number of amides is 1. The van der Waals surface area contributed by atoms with Crippen LogP contribution in [-0.4, -0.2) is 39.2 Å². The second-order valence-electron chi connectivity index (χ2n) is 7.29. The van der Waals surface area contributed by atoms with Gasteiger partial charge in [0.2, 0.25) is 0 Å². The molecule has 4 rings (SSSR count). The minimum Gasteiger partial charge on any atom is -0.441 e. The third kappa shape index (κ3) is 2.88. The van der Waals surface area contributed by atoms with Crippen molar-refractivity contribution in [1.82, 2.24) is 14.5 Å². The fraction of sp³-hybridized carbons (Fsp3) is 0.450. The van der Waals surface area contributed by atoms with Crippen LogP contribution in [0.15, 0.2) is 24.5 Å². The number of terminal acetylenes is 1. The maximum absolute atomic E-state index is 12.1. The van der Waals surface area contributed by atoms with Crippen molar-refractivity contribution in [3.63, 3.8) is 0 Å². The van der Waals surface area contributed by atoms with Gasteiger partial charge in [-0.2, -0.15) is 5.26 Å². The average Bonchev–Trinajstić information content (AvgIpc) is 3.16. The van der Waals surface area contributed by atoms with Crippen molar-refractivity contribution >= 4 is 17.1 Å². The fourth-order valence-electron chi connectivity index (χ4n) is 4.31. The highest BCUT2D eigenvalue weighted by Gasteiger charge is 2.47. The molecule has 6 heteroatoms. The molecule has 0 N–H and O–H groups in total. The highest BCUT2D eigenvalue weighted by molar-refractivity contribution is 5.77. The number of carbonyl (C=O) groups is 1. The number of carbonyl (C=O) groups excluding carboxylic acids is 1. The Morgan fingerprint density at radius 1 is 1.46 bits per heavy atom. The van der Waals surface area contributed by atoms with E-state index in [1.807, 2.05) is 18.5 Å². The minimum atomic E-state index is -0.412. The van der Waals surface area contributed by atoms with E-state index in [9.17, 15) is 4.79 Å². The summed E-state index contributed by atoms with van der Waals surface area (Å²) in [7, 11) is 0. The van der Waals surface area contributed by atoms with Crippen LogP contribution in [0.3, 0.4) is 0 Å². The molecule has 1 aromatic heterocycles. The van der Waals surface area contributed by atoms with E-state index in [0.29, 0.717) is 24.6 Å². The molecule has 2 atom stereocenters. The molecule has 0 unspecified atom stereocenters. The van der Waals surface area contributed by atoms with Gasteiger partial charge in [-0.25, -0.2) is 9.78 Å². The number of benzene rings is 1. The topological polar surface area (TPSA) is 71.2 Å². The second kappa shape index (κ2) is 6.38. The third-order valence-electron chi connectivity index (χ3n) is 5.43. The molecule has 2 aliphatic rings. The van der Waals surface area contributed by atoms with Crippen molar-refractivity contribution in [2.45, 2.75) is 37.8 Å². The lowest BCUT2D eigenvalue weighted by molar-refractivity contribution is 0.00418. The number of aromatic nitrogens is 2. The van der Waals surface area contributed by atoms with Crippen LogP contribution in [0.5, 0.6) is 0 Å². The Bertz CT molecular complexity index is 935. The first kappa shape index (κ1) is 16.5. The summed E-state index contributed by atoms with van der Waals surface area (Å²) >= 11 is 0. The fourth-order valence-corrected chi connectivity index (χ4v) is 4.31. The van der Waals surface area contributed by atoms with Crippen molar-refractivity contribution < 1.29 is 9.53 Å². The van der Waals surface area contributed by atoms with Crippen LogP contribution in [0.25, 0.3) is 11.0 Å². The normalized spacial score (nSPS) is 25.2. The lowest BCUT2D eigenvalue weighted by Gasteiger charge is -2.36. The zero-order chi connectivity index (χ0) is 18.1. The van der Waals surface area contributed by atoms with E-state index in [0.717, 1.165) is 43.3 Å². The Morgan fingerprint density at radius 2 is 2.35 bits per heavy atom. The SMILES string of the molecule is C#CCN1C[C@@]2(CCC[C@H](Cn3cnc4ccc(C#N)cc43)C2)OC1=O. The molecule has 6 nitrogen and oxygen atoms in total. The highest BCUT2D eigenvalue weighted by Crippen LogP contribution is 2.40. The Kier molecular flexibility index (Phi) is 4.05. The standard InChI is InChI=1S/C20H20N4O2/c1-2-8-23-13-20(26-19(23)25)7-3-4-16(10-20)12-24-14-22-17-6-5-15(11-21)9-18(17)24/h1,5-6,9,14,16H,3-4,7-8,10,12-13H2/t16-,20-/m0/s1. The van der Waals surface area contributed by atoms with Gasteiger partial charge in [-0.15, -0.1) is 6.42 Å². The number of ether oxygens (including phenoxy) is 1. The average molecular weight is 348 g/mol. The molecule has 132 valence electrons. The van der Waals surface area contributed by atoms with Gasteiger partial charge < -0.3 is 9.30 Å². The monoisotopic (exact) mass is 348 g/mol. The molecule has 2 fully saturated rings. The molecule has 1 amide bonds. The molecule has 1 spiro atoms. The molecule has 2 heterocycles. The molecule has 1 saturated carbocycles. The maximum atomic E-state index is 12.1. The van der Waals surface area contributed by atoms with Gasteiger partial charge >= 0.3 is 6.09 Å². The maximum Gasteiger partial charge on any atom is 0.411 e. The summed E-state index contributed by atoms with van der Waals surface area (Å²) in [5, 5.41) is 9.13. The molecule has 2 aromatic rings. The van der Waals surface area contributed by atoms with Gasteiger partial charge in [-0.05, 0) is 49.8 Å². The Balaban J connectivity index is 1.52. The third-order valence-corrected chi connectivity index (χ3v) is 5.43. The van der Waals surface area contributed by atoms with E-state index in [-0.39, 0.29) is 6.09 Å². The van der Waals surface area contributed by atoms with E-state index in [1.54, 1.807) is 11.0 Å². The van der Waals surface area contributed by atoms with Gasteiger partial charge in [0.1, 0.15) is 5.60 Å². The number of imidazole rings is 1. The van der Waals surface area contributed by atoms with Crippen molar-refractivity contribution in [3.05, 3.63) is 30.1 Å². The first-order valence-electron chi connectivity index (χ1n) is 8.89. The van der Waals surface area contributed by atoms with Crippen molar-refractivity contribution in [2.24, 2.45) is 5.92 Å². The molecule has 1 aromatic carbocycles. The Labute approximate surface area is 152 Å². The molecule has 0 radical (unpaired) electrons. The smallest absolute Gasteiger partial charge is 0.411 e. The van der Waals surface area contributed by atoms with Gasteiger partial charge in [0, 0.05) is 6.54 Å². The minimum absolute atomic E-state index is 0.296. The van der Waals surface area contributed by atoms with Gasteiger partial charge in [0.25, 0.3) is 0 Å². The summed E-state index contributed by atoms with van der Waals surface area (Å²) in [6.45, 7) is 1.68. The van der Waals surface area contributed by atoms with Crippen molar-refractivity contribution in [2.75, 3.05) is 13.1 Å². The van der Waals surface area contributed by atoms with Crippen LogP contribution in [0.4, 0.5) is 4.79 Å². The molecule has 0 bridgehead atoms. The Morgan fingerprint density at radius 3 is 3.15 bits per heavy atom. The molecule has 1 aliphatic heterocycles. The summed E-state index contributed by atoms with van der Waals surface area (Å²) in [6, 6.07) is 7.72. The first-order valence-corrected chi connectivity index (χ1v) is 8.89. The summed E-state index contributed by atoms with van der Waals surface area (Å²) in [6.07, 6.45) is 10.7. The predicted octanol–water partition coefficient (Wildman–Crippen LogP) is 2.92. The number of hydrogen-bond acceptors (Lipinski definition) is 4. The zero-order valence-electron chi connectivity index (χ0n) is 14.5. The van der Waals surface area contributed by atoms with Crippen LogP contribution in [0.1, 0.15) is 31.2 Å². The van der Waals surface area contributed by atoms with E-state index in [2.05, 4.69) is 21.5 Å². The molecular formula is C20H20N4O2. The van der Waals surface area contributed by atoms with Gasteiger partial charge in [0.05, 0.1) is 42.1 Å². The zero-order valence-corrected chi connectivity index (χ0v) is 14.5. The van der Waals surface area contributed by atoms with Gasteiger partial charge in [-0.1, -0.05) is 5.92 Å². The largest absolute Gasteiger partial charge is 0.441 e. The van der Waals surface area contributed by atoms with Crippen LogP contribution in [0.2, 0.25) is 0 Å². The van der Waals surface area contributed by atoms with Gasteiger partial charge in [-0.3, -0.25) is 4.90 Å². The summed E-state index contributed by atoms with van der Waals surface area (Å²) in [4.78, 5) is 18.1. The van der Waals surface area contributed by atoms with Crippen LogP contribution in [-0.2, 0) is 11.3 Å². The molecule has 1 saturated heterocycles. The summed E-state index contributed by atoms with van der Waals surface area (Å²) in [5.41, 5.74) is 2.09. The molecular weight excluding hydrogens is 328 g/mol. The van der Waals surface area contributed by atoms with E-state index < -0.39 is 5.60 Å². The summed E-state index contributed by atoms with van der Waals surface area (Å²) in [5.74, 6) is 2.92. The molecule has 26 heavy (non-hydrogen) atoms. The number of fused-ring (bicyclic) bond motifs is 1. The van der Waals surface area contributed by atoms with E-state index >= 15 is 0 Å². The van der Waals surface area contributed by atoms with Crippen molar-refractivity contribution in [3.8, 4) is 18.4 Å². The summed E-state index contributed by atoms with van der Waals surface area (Å²) < 4.78 is 7.86. The van der Waals surface area contributed by atoms with Crippen molar-refractivity contribution in [1.29, 1.82) is 5.26 Å². The van der Waals surface area contributed by atoms with Crippen LogP contribution >= 0.6 is 0 Å². The Hall–Kier alpha value is -2.99. The number of rotatable bonds is 3. The predicted molar refractivity (Wildman–Crippen MR) is 96.0 cm³/mol. The van der Waals surface area contributed by atoms with Crippen LogP contribution in [0, 0.1) is 29.6 Å². The number of nitriles is 1. The van der Waals surface area contributed by atoms with Crippen LogP contribution < -0.4 is 0 Å². The molecule has 1 aliphatic carbocycles. The van der Waals surface area contributed by atoms with Gasteiger partial charge in [0.15, 0.2) is 0 Å². The number of hydrogen-bond donors (Lipinski definition) is 0. The lowest BCUT2D eigenvalue weighted by atomic mass is 9.78. The number of nitrogens with zero attached hydrogens (tertiary/aromatic N) is 4. The van der Waals surface area contributed by atoms with E-state index in [1.165, 1.54) is 0 Å².